The molecule has 0 aromatic heterocycles. The van der Waals surface area contributed by atoms with Crippen molar-refractivity contribution in [2.24, 2.45) is 5.11 Å². The van der Waals surface area contributed by atoms with Gasteiger partial charge in [0.05, 0.1) is 12.6 Å². The van der Waals surface area contributed by atoms with Crippen LogP contribution in [-0.2, 0) is 0 Å². The molecule has 0 spiro atoms. The Bertz CT molecular complexity index is 314. The van der Waals surface area contributed by atoms with Gasteiger partial charge in [-0.3, -0.25) is 0 Å². The second-order valence-corrected chi connectivity index (χ2v) is 2.84. The molecule has 0 aliphatic carbocycles. The van der Waals surface area contributed by atoms with Gasteiger partial charge in [-0.25, -0.2) is 0 Å². The Kier molecular flexibility index (Phi) is 3.31. The average Bonchev–Trinajstić information content (AvgIpc) is 2.15. The first-order valence-corrected chi connectivity index (χ1v) is 3.99. The molecular formula is C9H11N3O. The van der Waals surface area contributed by atoms with Crippen molar-refractivity contribution >= 4 is 0 Å². The highest BCUT2D eigenvalue weighted by Gasteiger charge is 2.04. The first kappa shape index (κ1) is 9.58. The predicted molar refractivity (Wildman–Crippen MR) is 50.2 cm³/mol. The zero-order chi connectivity index (χ0) is 9.68. The first-order chi connectivity index (χ1) is 6.24. The van der Waals surface area contributed by atoms with E-state index in [-0.39, 0.29) is 6.54 Å². The van der Waals surface area contributed by atoms with Crippen LogP contribution in [0, 0.1) is 6.92 Å². The van der Waals surface area contributed by atoms with Gasteiger partial charge < -0.3 is 5.11 Å². The van der Waals surface area contributed by atoms with E-state index in [9.17, 15) is 5.11 Å². The maximum Gasteiger partial charge on any atom is 0.0846 e. The molecule has 0 radical (unpaired) electrons. The van der Waals surface area contributed by atoms with E-state index in [1.54, 1.807) is 0 Å². The zero-order valence-electron chi connectivity index (χ0n) is 7.38. The molecule has 1 N–H and O–H groups in total. The molecule has 1 aromatic rings. The van der Waals surface area contributed by atoms with Crippen LogP contribution in [0.4, 0.5) is 0 Å². The average molecular weight is 177 g/mol. The van der Waals surface area contributed by atoms with Crippen LogP contribution in [0.5, 0.6) is 0 Å². The van der Waals surface area contributed by atoms with Gasteiger partial charge in [0.1, 0.15) is 0 Å². The third-order valence-electron chi connectivity index (χ3n) is 1.78. The minimum absolute atomic E-state index is 0.0829. The summed E-state index contributed by atoms with van der Waals surface area (Å²) in [7, 11) is 0. The highest BCUT2D eigenvalue weighted by atomic mass is 16.3. The lowest BCUT2D eigenvalue weighted by atomic mass is 10.1. The van der Waals surface area contributed by atoms with Gasteiger partial charge >= 0.3 is 0 Å². The van der Waals surface area contributed by atoms with Gasteiger partial charge in [0.15, 0.2) is 0 Å². The van der Waals surface area contributed by atoms with Crippen molar-refractivity contribution < 1.29 is 5.11 Å². The normalized spacial score (nSPS) is 11.8. The van der Waals surface area contributed by atoms with Gasteiger partial charge in [0.2, 0.25) is 0 Å². The fourth-order valence-corrected chi connectivity index (χ4v) is 1.01. The minimum Gasteiger partial charge on any atom is -0.388 e. The van der Waals surface area contributed by atoms with E-state index in [0.717, 1.165) is 11.1 Å². The van der Waals surface area contributed by atoms with Gasteiger partial charge in [-0.15, -0.1) is 0 Å². The summed E-state index contributed by atoms with van der Waals surface area (Å²) < 4.78 is 0. The van der Waals surface area contributed by atoms with E-state index in [2.05, 4.69) is 10.0 Å². The number of hydrogen-bond donors (Lipinski definition) is 1. The second-order valence-electron chi connectivity index (χ2n) is 2.84. The largest absolute Gasteiger partial charge is 0.388 e. The van der Waals surface area contributed by atoms with Crippen molar-refractivity contribution in [2.45, 2.75) is 13.0 Å². The lowest BCUT2D eigenvalue weighted by Crippen LogP contribution is -2.00. The Labute approximate surface area is 76.5 Å². The van der Waals surface area contributed by atoms with Crippen LogP contribution in [0.3, 0.4) is 0 Å². The second kappa shape index (κ2) is 4.50. The number of hydrogen-bond acceptors (Lipinski definition) is 2. The van der Waals surface area contributed by atoms with Crippen molar-refractivity contribution in [1.29, 1.82) is 0 Å². The summed E-state index contributed by atoms with van der Waals surface area (Å²) in [6, 6.07) is 7.48. The summed E-state index contributed by atoms with van der Waals surface area (Å²) in [6.07, 6.45) is -0.698. The molecule has 0 bridgehead atoms. The van der Waals surface area contributed by atoms with Crippen molar-refractivity contribution in [1.82, 2.24) is 0 Å². The van der Waals surface area contributed by atoms with Gasteiger partial charge in [0, 0.05) is 4.91 Å². The predicted octanol–water partition coefficient (Wildman–Crippen LogP) is 2.34. The van der Waals surface area contributed by atoms with Crippen LogP contribution >= 0.6 is 0 Å². The fourth-order valence-electron chi connectivity index (χ4n) is 1.01. The molecule has 0 saturated heterocycles. The van der Waals surface area contributed by atoms with E-state index >= 15 is 0 Å². The smallest absolute Gasteiger partial charge is 0.0846 e. The van der Waals surface area contributed by atoms with Gasteiger partial charge in [-0.05, 0) is 18.0 Å². The molecule has 1 aromatic carbocycles. The Hall–Kier alpha value is -1.51. The maximum atomic E-state index is 9.48. The summed E-state index contributed by atoms with van der Waals surface area (Å²) in [4.78, 5) is 2.58. The molecule has 0 unspecified atom stereocenters. The lowest BCUT2D eigenvalue weighted by molar-refractivity contribution is 0.187. The van der Waals surface area contributed by atoms with Crippen LogP contribution in [0.25, 0.3) is 10.4 Å². The summed E-state index contributed by atoms with van der Waals surface area (Å²) in [5.74, 6) is 0. The van der Waals surface area contributed by atoms with Crippen LogP contribution in [0.2, 0.25) is 0 Å². The lowest BCUT2D eigenvalue weighted by Gasteiger charge is -2.06. The van der Waals surface area contributed by atoms with E-state index in [1.165, 1.54) is 0 Å². The van der Waals surface area contributed by atoms with Gasteiger partial charge in [-0.2, -0.15) is 0 Å². The topological polar surface area (TPSA) is 69.0 Å². The SMILES string of the molecule is Cc1ccc([C@H](O)CN=[N+]=[N-])cc1. The molecular weight excluding hydrogens is 166 g/mol. The molecule has 68 valence electrons. The van der Waals surface area contributed by atoms with Crippen LogP contribution < -0.4 is 0 Å². The van der Waals surface area contributed by atoms with Crippen LogP contribution in [0.1, 0.15) is 17.2 Å². The molecule has 0 aliphatic heterocycles. The zero-order valence-corrected chi connectivity index (χ0v) is 7.38. The van der Waals surface area contributed by atoms with Crippen LogP contribution in [-0.4, -0.2) is 11.7 Å². The summed E-state index contributed by atoms with van der Waals surface area (Å²) in [5, 5.41) is 12.8. The third kappa shape index (κ3) is 2.78. The molecule has 0 fully saturated rings. The summed E-state index contributed by atoms with van der Waals surface area (Å²) in [5.41, 5.74) is 9.97. The van der Waals surface area contributed by atoms with Crippen LogP contribution in [0.15, 0.2) is 29.4 Å². The Morgan fingerprint density at radius 2 is 2.08 bits per heavy atom. The number of azide groups is 1. The highest BCUT2D eigenvalue weighted by molar-refractivity contribution is 5.23. The van der Waals surface area contributed by atoms with Gasteiger partial charge in [-0.1, -0.05) is 34.9 Å². The molecule has 4 nitrogen and oxygen atoms in total. The van der Waals surface area contributed by atoms with Crippen molar-refractivity contribution in [3.8, 4) is 0 Å². The number of aliphatic hydroxyl groups is 1. The number of aliphatic hydroxyl groups excluding tert-OH is 1. The van der Waals surface area contributed by atoms with Crippen molar-refractivity contribution in [3.05, 3.63) is 45.8 Å². The van der Waals surface area contributed by atoms with E-state index in [4.69, 9.17) is 5.53 Å². The highest BCUT2D eigenvalue weighted by Crippen LogP contribution is 2.13. The first-order valence-electron chi connectivity index (χ1n) is 3.99. The number of aryl methyl sites for hydroxylation is 1. The molecule has 13 heavy (non-hydrogen) atoms. The maximum absolute atomic E-state index is 9.48. The Morgan fingerprint density at radius 1 is 1.46 bits per heavy atom. The standard InChI is InChI=1S/C9H11N3O/c1-7-2-4-8(5-3-7)9(13)6-11-12-10/h2-5,9,13H,6H2,1H3/t9-/m1/s1. The number of rotatable bonds is 3. The van der Waals surface area contributed by atoms with E-state index < -0.39 is 6.10 Å². The Morgan fingerprint density at radius 3 is 2.62 bits per heavy atom. The molecule has 1 rings (SSSR count). The fraction of sp³-hybridized carbons (Fsp3) is 0.333. The van der Waals surface area contributed by atoms with Gasteiger partial charge in [0.25, 0.3) is 0 Å². The summed E-state index contributed by atoms with van der Waals surface area (Å²) >= 11 is 0. The van der Waals surface area contributed by atoms with Crippen molar-refractivity contribution in [2.75, 3.05) is 6.54 Å². The summed E-state index contributed by atoms with van der Waals surface area (Å²) in [6.45, 7) is 2.06. The van der Waals surface area contributed by atoms with E-state index in [0.29, 0.717) is 0 Å². The molecule has 4 heteroatoms. The third-order valence-corrected chi connectivity index (χ3v) is 1.78. The molecule has 0 heterocycles. The Balaban J connectivity index is 2.71. The molecule has 1 atom stereocenters. The quantitative estimate of drug-likeness (QED) is 0.429. The number of benzene rings is 1. The molecule has 0 aliphatic rings. The molecule has 0 saturated carbocycles. The minimum atomic E-state index is -0.698. The molecule has 0 amide bonds. The van der Waals surface area contributed by atoms with E-state index in [1.807, 2.05) is 31.2 Å². The monoisotopic (exact) mass is 177 g/mol. The number of nitrogens with zero attached hydrogens (tertiary/aromatic N) is 3. The van der Waals surface area contributed by atoms with Crippen molar-refractivity contribution in [3.63, 3.8) is 0 Å².